The summed E-state index contributed by atoms with van der Waals surface area (Å²) < 4.78 is 31.5. The molecule has 1 unspecified atom stereocenters. The van der Waals surface area contributed by atoms with Gasteiger partial charge in [-0.1, -0.05) is 60.7 Å². The molecule has 1 fully saturated rings. The second-order valence-electron chi connectivity index (χ2n) is 9.83. The van der Waals surface area contributed by atoms with E-state index in [4.69, 9.17) is 16.2 Å². The minimum Gasteiger partial charge on any atom is -0.378 e. The molecule has 40 heavy (non-hydrogen) atoms. The van der Waals surface area contributed by atoms with Gasteiger partial charge in [-0.05, 0) is 48.2 Å². The zero-order valence-electron chi connectivity index (χ0n) is 22.4. The van der Waals surface area contributed by atoms with Crippen molar-refractivity contribution in [1.82, 2.24) is 9.80 Å². The molecule has 1 aliphatic rings. The van der Waals surface area contributed by atoms with Crippen molar-refractivity contribution in [3.63, 3.8) is 0 Å². The van der Waals surface area contributed by atoms with Gasteiger partial charge < -0.3 is 26.0 Å². The first-order chi connectivity index (χ1) is 19.3. The molecule has 0 aromatic heterocycles. The van der Waals surface area contributed by atoms with Crippen LogP contribution in [0.25, 0.3) is 0 Å². The van der Waals surface area contributed by atoms with Crippen molar-refractivity contribution < 1.29 is 22.7 Å². The van der Waals surface area contributed by atoms with E-state index in [-0.39, 0.29) is 36.2 Å². The Kier molecular flexibility index (Phi) is 10.1. The van der Waals surface area contributed by atoms with Gasteiger partial charge in [0, 0.05) is 25.2 Å². The highest BCUT2D eigenvalue weighted by molar-refractivity contribution is 7.92. The second kappa shape index (κ2) is 13.7. The summed E-state index contributed by atoms with van der Waals surface area (Å²) in [5.74, 6) is -0.445. The molecule has 1 heterocycles. The van der Waals surface area contributed by atoms with Gasteiger partial charge in [0.05, 0.1) is 30.7 Å². The summed E-state index contributed by atoms with van der Waals surface area (Å²) in [6, 6.07) is 23.7. The van der Waals surface area contributed by atoms with E-state index in [1.165, 1.54) is 17.0 Å². The number of hydrogen-bond donors (Lipinski definition) is 2. The van der Waals surface area contributed by atoms with E-state index in [1.54, 1.807) is 47.4 Å². The summed E-state index contributed by atoms with van der Waals surface area (Å²) in [5, 5.41) is -1.31. The van der Waals surface area contributed by atoms with Gasteiger partial charge in [0.1, 0.15) is 5.37 Å². The molecule has 0 aliphatic carbocycles. The number of morpholine rings is 1. The maximum absolute atomic E-state index is 13.5. The molecular weight excluding hydrogens is 528 g/mol. The van der Waals surface area contributed by atoms with Crippen LogP contribution in [-0.4, -0.2) is 80.8 Å². The van der Waals surface area contributed by atoms with Crippen LogP contribution in [0.5, 0.6) is 0 Å². The van der Waals surface area contributed by atoms with Crippen molar-refractivity contribution in [2.24, 2.45) is 11.5 Å². The summed E-state index contributed by atoms with van der Waals surface area (Å²) in [6.45, 7) is 2.24. The molecule has 212 valence electrons. The molecule has 4 rings (SSSR count). The second-order valence-corrected chi connectivity index (χ2v) is 12.0. The Bertz CT molecular complexity index is 1360. The van der Waals surface area contributed by atoms with Crippen molar-refractivity contribution in [3.05, 3.63) is 102 Å². The maximum Gasteiger partial charge on any atom is 0.254 e. The number of hydrogen-bond acceptors (Lipinski definition) is 7. The summed E-state index contributed by atoms with van der Waals surface area (Å²) in [7, 11) is -3.86. The van der Waals surface area contributed by atoms with E-state index in [0.717, 1.165) is 11.1 Å². The summed E-state index contributed by atoms with van der Waals surface area (Å²) in [4.78, 5) is 29.6. The Morgan fingerprint density at radius 2 is 1.45 bits per heavy atom. The number of benzene rings is 3. The molecule has 1 aliphatic heterocycles. The molecule has 3 aromatic carbocycles. The number of carbonyl (C=O) groups excluding carboxylic acids is 2. The standard InChI is InChI=1S/C30H36N4O5S/c31-27(21-24-11-13-25(14-12-24)29(35)33-17-19-39-20-18-33)30(36)34(16-15-23-7-3-1-4-8-23)22-28(32)40(37,38)26-9-5-2-6-10-26/h1-14,27-28H,15-22,31-32H2/t27-,28?/m0/s1. The van der Waals surface area contributed by atoms with Crippen LogP contribution in [0.3, 0.4) is 0 Å². The lowest BCUT2D eigenvalue weighted by molar-refractivity contribution is -0.132. The zero-order chi connectivity index (χ0) is 28.5. The van der Waals surface area contributed by atoms with E-state index in [0.29, 0.717) is 38.3 Å². The molecule has 2 amide bonds. The lowest BCUT2D eigenvalue weighted by atomic mass is 10.0. The van der Waals surface area contributed by atoms with Crippen LogP contribution in [0.1, 0.15) is 21.5 Å². The highest BCUT2D eigenvalue weighted by atomic mass is 32.2. The van der Waals surface area contributed by atoms with Crippen LogP contribution in [0.2, 0.25) is 0 Å². The SMILES string of the molecule is NC(CN(CCc1ccccc1)C(=O)[C@@H](N)Cc1ccc(C(=O)N2CCOCC2)cc1)S(=O)(=O)c1ccccc1. The monoisotopic (exact) mass is 564 g/mol. The van der Waals surface area contributed by atoms with Crippen LogP contribution in [0.15, 0.2) is 89.8 Å². The fraction of sp³-hybridized carbons (Fsp3) is 0.333. The molecule has 4 N–H and O–H groups in total. The Hall–Kier alpha value is -3.57. The van der Waals surface area contributed by atoms with Gasteiger partial charge in [0.2, 0.25) is 5.91 Å². The van der Waals surface area contributed by atoms with E-state index >= 15 is 0 Å². The van der Waals surface area contributed by atoms with E-state index < -0.39 is 21.3 Å². The van der Waals surface area contributed by atoms with Gasteiger partial charge in [-0.25, -0.2) is 8.42 Å². The average Bonchev–Trinajstić information content (AvgIpc) is 3.00. The van der Waals surface area contributed by atoms with Gasteiger partial charge in [-0.2, -0.15) is 0 Å². The van der Waals surface area contributed by atoms with Gasteiger partial charge in [0.15, 0.2) is 9.84 Å². The Morgan fingerprint density at radius 3 is 2.08 bits per heavy atom. The van der Waals surface area contributed by atoms with Gasteiger partial charge >= 0.3 is 0 Å². The molecule has 0 bridgehead atoms. The van der Waals surface area contributed by atoms with Crippen molar-refractivity contribution in [2.45, 2.75) is 29.2 Å². The number of amides is 2. The zero-order valence-corrected chi connectivity index (χ0v) is 23.2. The van der Waals surface area contributed by atoms with Crippen LogP contribution in [0.4, 0.5) is 0 Å². The number of nitrogens with zero attached hydrogens (tertiary/aromatic N) is 2. The third-order valence-corrected chi connectivity index (χ3v) is 8.84. The molecule has 0 radical (unpaired) electrons. The third-order valence-electron chi connectivity index (χ3n) is 6.97. The van der Waals surface area contributed by atoms with Gasteiger partial charge in [-0.15, -0.1) is 0 Å². The Labute approximate surface area is 235 Å². The topological polar surface area (TPSA) is 136 Å². The lowest BCUT2D eigenvalue weighted by Gasteiger charge is -2.28. The maximum atomic E-state index is 13.5. The first kappa shape index (κ1) is 29.4. The van der Waals surface area contributed by atoms with Crippen LogP contribution >= 0.6 is 0 Å². The largest absolute Gasteiger partial charge is 0.378 e. The molecule has 2 atom stereocenters. The number of carbonyl (C=O) groups is 2. The van der Waals surface area contributed by atoms with Crippen LogP contribution in [-0.2, 0) is 32.2 Å². The molecule has 10 heteroatoms. The van der Waals surface area contributed by atoms with Crippen molar-refractivity contribution >= 4 is 21.7 Å². The quantitative estimate of drug-likeness (QED) is 0.363. The van der Waals surface area contributed by atoms with Crippen LogP contribution < -0.4 is 11.5 Å². The van der Waals surface area contributed by atoms with E-state index in [1.807, 2.05) is 30.3 Å². The summed E-state index contributed by atoms with van der Waals surface area (Å²) >= 11 is 0. The van der Waals surface area contributed by atoms with Crippen molar-refractivity contribution in [3.8, 4) is 0 Å². The van der Waals surface area contributed by atoms with Crippen LogP contribution in [0, 0.1) is 0 Å². The fourth-order valence-corrected chi connectivity index (χ4v) is 5.87. The highest BCUT2D eigenvalue weighted by Gasteiger charge is 2.30. The molecule has 9 nitrogen and oxygen atoms in total. The van der Waals surface area contributed by atoms with Gasteiger partial charge in [0.25, 0.3) is 5.91 Å². The number of ether oxygens (including phenoxy) is 1. The normalized spacial score (nSPS) is 15.3. The summed E-state index contributed by atoms with van der Waals surface area (Å²) in [5.41, 5.74) is 14.9. The van der Waals surface area contributed by atoms with Gasteiger partial charge in [-0.3, -0.25) is 9.59 Å². The first-order valence-electron chi connectivity index (χ1n) is 13.3. The first-order valence-corrected chi connectivity index (χ1v) is 14.9. The molecule has 0 saturated carbocycles. The molecule has 0 spiro atoms. The predicted molar refractivity (Wildman–Crippen MR) is 153 cm³/mol. The number of rotatable bonds is 11. The van der Waals surface area contributed by atoms with E-state index in [9.17, 15) is 18.0 Å². The number of sulfone groups is 1. The van der Waals surface area contributed by atoms with Crippen molar-refractivity contribution in [1.29, 1.82) is 0 Å². The average molecular weight is 565 g/mol. The Balaban J connectivity index is 1.45. The predicted octanol–water partition coefficient (Wildman–Crippen LogP) is 1.86. The van der Waals surface area contributed by atoms with Crippen molar-refractivity contribution in [2.75, 3.05) is 39.4 Å². The lowest BCUT2D eigenvalue weighted by Crippen LogP contribution is -2.51. The summed E-state index contributed by atoms with van der Waals surface area (Å²) in [6.07, 6.45) is 0.753. The van der Waals surface area contributed by atoms with E-state index in [2.05, 4.69) is 0 Å². The Morgan fingerprint density at radius 1 is 0.850 bits per heavy atom. The smallest absolute Gasteiger partial charge is 0.254 e. The fourth-order valence-electron chi connectivity index (χ4n) is 4.61. The number of nitrogens with two attached hydrogens (primary N) is 2. The molecule has 3 aromatic rings. The third kappa shape index (κ3) is 7.54. The molecular formula is C30H36N4O5S. The minimum absolute atomic E-state index is 0.0593. The minimum atomic E-state index is -3.86. The molecule has 1 saturated heterocycles. The highest BCUT2D eigenvalue weighted by Crippen LogP contribution is 2.16.